The lowest BCUT2D eigenvalue weighted by Gasteiger charge is -2.12. The van der Waals surface area contributed by atoms with E-state index in [2.05, 4.69) is 37.0 Å². The molecule has 0 saturated carbocycles. The van der Waals surface area contributed by atoms with E-state index < -0.39 is 11.9 Å². The normalized spacial score (nSPS) is 12.8. The second kappa shape index (κ2) is 4.88. The Bertz CT molecular complexity index is 537. The van der Waals surface area contributed by atoms with Crippen LogP contribution in [0.1, 0.15) is 17.4 Å². The molecule has 0 aliphatic carbocycles. The summed E-state index contributed by atoms with van der Waals surface area (Å²) in [7, 11) is 1.72. The van der Waals surface area contributed by atoms with Crippen LogP contribution in [-0.4, -0.2) is 14.9 Å². The van der Waals surface area contributed by atoms with Crippen LogP contribution in [0.2, 0.25) is 0 Å². The Morgan fingerprint density at radius 2 is 2.06 bits per heavy atom. The van der Waals surface area contributed by atoms with Crippen LogP contribution in [-0.2, 0) is 7.05 Å². The zero-order chi connectivity index (χ0) is 12.6. The van der Waals surface area contributed by atoms with Crippen molar-refractivity contribution in [3.05, 3.63) is 50.4 Å². The van der Waals surface area contributed by atoms with Gasteiger partial charge in [-0.25, -0.2) is 4.39 Å². The molecule has 0 amide bonds. The number of nitrogens with zero attached hydrogens (tertiary/aromatic N) is 2. The van der Waals surface area contributed by atoms with E-state index in [9.17, 15) is 9.50 Å². The van der Waals surface area contributed by atoms with Gasteiger partial charge in [0.2, 0.25) is 0 Å². The first-order chi connectivity index (χ1) is 8.00. The molecule has 1 N–H and O–H groups in total. The molecule has 0 aliphatic rings. The molecule has 0 saturated heterocycles. The Kier molecular flexibility index (Phi) is 3.65. The number of aliphatic hydroxyl groups excluding tert-OH is 1. The van der Waals surface area contributed by atoms with Crippen molar-refractivity contribution in [3.63, 3.8) is 0 Å². The predicted octanol–water partition coefficient (Wildman–Crippen LogP) is 3.17. The highest BCUT2D eigenvalue weighted by molar-refractivity contribution is 9.10. The third-order valence-electron chi connectivity index (χ3n) is 2.46. The van der Waals surface area contributed by atoms with E-state index in [0.717, 1.165) is 0 Å². The Balaban J connectivity index is 2.43. The van der Waals surface area contributed by atoms with E-state index in [1.807, 2.05) is 0 Å². The van der Waals surface area contributed by atoms with Gasteiger partial charge < -0.3 is 5.11 Å². The number of aliphatic hydroxyl groups is 1. The molecule has 1 aromatic heterocycles. The lowest BCUT2D eigenvalue weighted by molar-refractivity contribution is 0.208. The molecule has 2 aromatic rings. The second-order valence-corrected chi connectivity index (χ2v) is 5.29. The quantitative estimate of drug-likeness (QED) is 0.889. The third kappa shape index (κ3) is 2.43. The Labute approximate surface area is 115 Å². The number of aryl methyl sites for hydroxylation is 1. The Morgan fingerprint density at radius 1 is 1.35 bits per heavy atom. The van der Waals surface area contributed by atoms with E-state index in [1.165, 1.54) is 6.07 Å². The van der Waals surface area contributed by atoms with E-state index >= 15 is 0 Å². The van der Waals surface area contributed by atoms with Crippen molar-refractivity contribution >= 4 is 31.9 Å². The van der Waals surface area contributed by atoms with E-state index in [1.54, 1.807) is 30.1 Å². The topological polar surface area (TPSA) is 38.0 Å². The van der Waals surface area contributed by atoms with E-state index in [4.69, 9.17) is 0 Å². The fourth-order valence-electron chi connectivity index (χ4n) is 1.57. The van der Waals surface area contributed by atoms with Gasteiger partial charge in [0.25, 0.3) is 0 Å². The van der Waals surface area contributed by atoms with Crippen molar-refractivity contribution in [3.8, 4) is 0 Å². The van der Waals surface area contributed by atoms with Gasteiger partial charge in [-0.3, -0.25) is 4.68 Å². The zero-order valence-corrected chi connectivity index (χ0v) is 12.0. The molecular weight excluding hydrogens is 355 g/mol. The number of rotatable bonds is 2. The summed E-state index contributed by atoms with van der Waals surface area (Å²) in [6.07, 6.45) is 0.674. The fourth-order valence-corrected chi connectivity index (χ4v) is 2.38. The molecule has 1 atom stereocenters. The molecule has 0 fully saturated rings. The van der Waals surface area contributed by atoms with Gasteiger partial charge in [-0.05, 0) is 49.6 Å². The molecule has 2 rings (SSSR count). The number of halogens is 3. The van der Waals surface area contributed by atoms with Gasteiger partial charge in [0.1, 0.15) is 11.9 Å². The molecule has 6 heteroatoms. The molecule has 1 aromatic carbocycles. The molecule has 0 radical (unpaired) electrons. The number of hydrogen-bond donors (Lipinski definition) is 1. The van der Waals surface area contributed by atoms with Crippen LogP contribution in [0.3, 0.4) is 0 Å². The minimum absolute atomic E-state index is 0.373. The number of aromatic nitrogens is 2. The van der Waals surface area contributed by atoms with Crippen molar-refractivity contribution in [2.24, 2.45) is 7.05 Å². The van der Waals surface area contributed by atoms with Gasteiger partial charge in [-0.2, -0.15) is 5.10 Å². The first kappa shape index (κ1) is 12.7. The average Bonchev–Trinajstić information content (AvgIpc) is 2.62. The van der Waals surface area contributed by atoms with Gasteiger partial charge >= 0.3 is 0 Å². The minimum Gasteiger partial charge on any atom is -0.382 e. The molecule has 1 unspecified atom stereocenters. The van der Waals surface area contributed by atoms with Gasteiger partial charge in [-0.15, -0.1) is 0 Å². The largest absolute Gasteiger partial charge is 0.382 e. The summed E-state index contributed by atoms with van der Waals surface area (Å²) in [5, 5.41) is 14.2. The molecule has 90 valence electrons. The molecular formula is C11H9Br2FN2O. The summed E-state index contributed by atoms with van der Waals surface area (Å²) >= 11 is 6.37. The smallest absolute Gasteiger partial charge is 0.137 e. The summed E-state index contributed by atoms with van der Waals surface area (Å²) in [6.45, 7) is 0. The highest BCUT2D eigenvalue weighted by atomic mass is 79.9. The van der Waals surface area contributed by atoms with Crippen LogP contribution in [0.4, 0.5) is 4.39 Å². The van der Waals surface area contributed by atoms with E-state index in [-0.39, 0.29) is 0 Å². The SMILES string of the molecule is Cn1ncc(Br)c1C(O)c1ccc(Br)c(F)c1. The molecule has 0 aliphatic heterocycles. The minimum atomic E-state index is -0.917. The van der Waals surface area contributed by atoms with Crippen LogP contribution in [0, 0.1) is 5.82 Å². The lowest BCUT2D eigenvalue weighted by atomic mass is 10.1. The summed E-state index contributed by atoms with van der Waals surface area (Å²) in [6, 6.07) is 4.53. The Hall–Kier alpha value is -0.720. The van der Waals surface area contributed by atoms with Gasteiger partial charge in [-0.1, -0.05) is 6.07 Å². The average molecular weight is 364 g/mol. The van der Waals surface area contributed by atoms with Crippen molar-refractivity contribution < 1.29 is 9.50 Å². The summed E-state index contributed by atoms with van der Waals surface area (Å²) in [4.78, 5) is 0. The summed E-state index contributed by atoms with van der Waals surface area (Å²) in [5.41, 5.74) is 1.07. The van der Waals surface area contributed by atoms with Crippen LogP contribution in [0.5, 0.6) is 0 Å². The predicted molar refractivity (Wildman–Crippen MR) is 69.1 cm³/mol. The van der Waals surface area contributed by atoms with Crippen LogP contribution in [0.15, 0.2) is 33.3 Å². The van der Waals surface area contributed by atoms with Crippen molar-refractivity contribution in [2.45, 2.75) is 6.10 Å². The van der Waals surface area contributed by atoms with E-state index in [0.29, 0.717) is 20.2 Å². The second-order valence-electron chi connectivity index (χ2n) is 3.58. The first-order valence-corrected chi connectivity index (χ1v) is 6.39. The van der Waals surface area contributed by atoms with Gasteiger partial charge in [0.05, 0.1) is 20.8 Å². The molecule has 1 heterocycles. The highest BCUT2D eigenvalue weighted by Gasteiger charge is 2.19. The van der Waals surface area contributed by atoms with Crippen LogP contribution >= 0.6 is 31.9 Å². The molecule has 0 bridgehead atoms. The highest BCUT2D eigenvalue weighted by Crippen LogP contribution is 2.29. The zero-order valence-electron chi connectivity index (χ0n) is 8.86. The number of benzene rings is 1. The fraction of sp³-hybridized carbons (Fsp3) is 0.182. The van der Waals surface area contributed by atoms with Gasteiger partial charge in [0, 0.05) is 7.05 Å². The van der Waals surface area contributed by atoms with Crippen molar-refractivity contribution in [1.29, 1.82) is 0 Å². The maximum Gasteiger partial charge on any atom is 0.137 e. The Morgan fingerprint density at radius 3 is 2.59 bits per heavy atom. The maximum absolute atomic E-state index is 13.4. The van der Waals surface area contributed by atoms with Crippen LogP contribution < -0.4 is 0 Å². The summed E-state index contributed by atoms with van der Waals surface area (Å²) in [5.74, 6) is -0.403. The van der Waals surface area contributed by atoms with Gasteiger partial charge in [0.15, 0.2) is 0 Å². The first-order valence-electron chi connectivity index (χ1n) is 4.81. The monoisotopic (exact) mass is 362 g/mol. The molecule has 3 nitrogen and oxygen atoms in total. The summed E-state index contributed by atoms with van der Waals surface area (Å²) < 4.78 is 16.0. The standard InChI is InChI=1S/C11H9Br2FN2O/c1-16-10(8(13)5-15-16)11(17)6-2-3-7(12)9(14)4-6/h2-5,11,17H,1H3. The van der Waals surface area contributed by atoms with Crippen LogP contribution in [0.25, 0.3) is 0 Å². The lowest BCUT2D eigenvalue weighted by Crippen LogP contribution is -2.07. The number of hydrogen-bond acceptors (Lipinski definition) is 2. The maximum atomic E-state index is 13.4. The van der Waals surface area contributed by atoms with Crippen molar-refractivity contribution in [1.82, 2.24) is 9.78 Å². The third-order valence-corrected chi connectivity index (χ3v) is 3.71. The van der Waals surface area contributed by atoms with Crippen molar-refractivity contribution in [2.75, 3.05) is 0 Å². The molecule has 17 heavy (non-hydrogen) atoms. The molecule has 0 spiro atoms.